The van der Waals surface area contributed by atoms with Gasteiger partial charge in [-0.15, -0.1) is 0 Å². The van der Waals surface area contributed by atoms with Gasteiger partial charge in [0.2, 0.25) is 0 Å². The Morgan fingerprint density at radius 2 is 1.44 bits per heavy atom. The zero-order valence-corrected chi connectivity index (χ0v) is 7.50. The van der Waals surface area contributed by atoms with Gasteiger partial charge in [-0.05, 0) is 0 Å². The van der Waals surface area contributed by atoms with Crippen LogP contribution >= 0.6 is 12.6 Å². The second kappa shape index (κ2) is 9.26. The molecule has 0 atom stereocenters. The summed E-state index contributed by atoms with van der Waals surface area (Å²) in [5.41, 5.74) is 0. The fraction of sp³-hybridized carbons (Fsp3) is 1.00. The maximum atomic E-state index is 9.37. The van der Waals surface area contributed by atoms with Gasteiger partial charge in [0.1, 0.15) is 10.1 Å². The Kier molecular flexibility index (Phi) is 23.1. The molecule has 0 aliphatic heterocycles. The van der Waals surface area contributed by atoms with Crippen LogP contribution in [0.15, 0.2) is 0 Å². The molecule has 0 aromatic carbocycles. The summed E-state index contributed by atoms with van der Waals surface area (Å²) in [5, 5.41) is -0.618. The van der Waals surface area contributed by atoms with Gasteiger partial charge in [-0.25, -0.2) is 8.42 Å². The van der Waals surface area contributed by atoms with Crippen LogP contribution in [0.5, 0.6) is 0 Å². The number of thiol groups is 1. The largest absolute Gasteiger partial charge is 1.00 e. The Labute approximate surface area is 84.7 Å². The summed E-state index contributed by atoms with van der Waals surface area (Å²) >= 11 is 3.20. The van der Waals surface area contributed by atoms with Gasteiger partial charge >= 0.3 is 29.6 Å². The van der Waals surface area contributed by atoms with Crippen molar-refractivity contribution in [1.82, 2.24) is 0 Å². The third-order valence-electron chi connectivity index (χ3n) is 0.158. The maximum absolute atomic E-state index is 9.37. The van der Waals surface area contributed by atoms with Crippen LogP contribution in [0.3, 0.4) is 0 Å². The Hall–Kier alpha value is 1.26. The fourth-order valence-corrected chi connectivity index (χ4v) is 0. The van der Waals surface area contributed by atoms with Gasteiger partial charge < -0.3 is 4.55 Å². The molecule has 0 aliphatic carbocycles. The molecule has 0 aromatic rings. The van der Waals surface area contributed by atoms with Crippen LogP contribution < -0.4 is 29.6 Å². The predicted octanol–water partition coefficient (Wildman–Crippen LogP) is -2.30. The van der Waals surface area contributed by atoms with E-state index in [9.17, 15) is 13.0 Å². The first kappa shape index (κ1) is 22.5. The van der Waals surface area contributed by atoms with Crippen molar-refractivity contribution in [2.45, 2.75) is 14.9 Å². The molecular formula is C3H11NaO3S2. The quantitative estimate of drug-likeness (QED) is 0.282. The molecule has 3 nitrogen and oxygen atoms in total. The molecule has 0 rings (SSSR count). The normalized spacial score (nSPS) is 7.78. The smallest absolute Gasteiger partial charge is 0.747 e. The summed E-state index contributed by atoms with van der Waals surface area (Å²) in [6.07, 6.45) is 0. The fourth-order valence-electron chi connectivity index (χ4n) is 0. The van der Waals surface area contributed by atoms with E-state index < -0.39 is 15.2 Å². The van der Waals surface area contributed by atoms with Gasteiger partial charge in [-0.2, -0.15) is 12.6 Å². The average Bonchev–Trinajstić information content (AvgIpc) is 1.35. The van der Waals surface area contributed by atoms with Crippen molar-refractivity contribution in [1.29, 1.82) is 0 Å². The summed E-state index contributed by atoms with van der Waals surface area (Å²) in [7, 11) is -4.05. The molecule has 0 bridgehead atoms. The van der Waals surface area contributed by atoms with Crippen molar-refractivity contribution in [2.24, 2.45) is 0 Å². The van der Waals surface area contributed by atoms with Crippen molar-refractivity contribution >= 4 is 22.7 Å². The molecule has 0 N–H and O–H groups in total. The van der Waals surface area contributed by atoms with E-state index in [1.165, 1.54) is 0 Å². The van der Waals surface area contributed by atoms with Crippen LogP contribution in [0, 0.1) is 0 Å². The van der Waals surface area contributed by atoms with Crippen LogP contribution in [0.1, 0.15) is 14.9 Å². The second-order valence-corrected chi connectivity index (χ2v) is 2.83. The average molecular weight is 182 g/mol. The summed E-state index contributed by atoms with van der Waals surface area (Å²) in [5.74, 6) is 0. The van der Waals surface area contributed by atoms with Gasteiger partial charge in [0, 0.05) is 0 Å². The maximum Gasteiger partial charge on any atom is 1.00 e. The summed E-state index contributed by atoms with van der Waals surface area (Å²) < 4.78 is 28.1. The number of hydrogen-bond donors (Lipinski definition) is 1. The molecule has 6 heteroatoms. The first-order valence-corrected chi connectivity index (χ1v) is 3.31. The molecule has 0 heterocycles. The molecular weight excluding hydrogens is 171 g/mol. The minimum Gasteiger partial charge on any atom is -0.747 e. The molecule has 0 saturated heterocycles. The molecule has 0 unspecified atom stereocenters. The predicted molar refractivity (Wildman–Crippen MR) is 37.0 cm³/mol. The van der Waals surface area contributed by atoms with E-state index in [1.54, 1.807) is 0 Å². The van der Waals surface area contributed by atoms with Gasteiger partial charge in [0.15, 0.2) is 0 Å². The Morgan fingerprint density at radius 3 is 1.44 bits per heavy atom. The van der Waals surface area contributed by atoms with Gasteiger partial charge in [0.25, 0.3) is 0 Å². The SMILES string of the molecule is C.C.O=S(=O)([O-])CS.[Na+]. The topological polar surface area (TPSA) is 57.2 Å². The minimum atomic E-state index is -4.05. The molecule has 0 fully saturated rings. The van der Waals surface area contributed by atoms with Crippen LogP contribution in [0.25, 0.3) is 0 Å². The van der Waals surface area contributed by atoms with Crippen LogP contribution in [0.2, 0.25) is 0 Å². The molecule has 0 aliphatic rings. The van der Waals surface area contributed by atoms with E-state index in [0.717, 1.165) is 0 Å². The van der Waals surface area contributed by atoms with Crippen molar-refractivity contribution in [3.63, 3.8) is 0 Å². The Bertz CT molecular complexity index is 119. The molecule has 0 saturated carbocycles. The third kappa shape index (κ3) is 26.9. The number of hydrogen-bond acceptors (Lipinski definition) is 4. The standard InChI is InChI=1S/CH4O3S2.2CH4.Na/c2-6(3,4)1-5;;;/h5H,1H2,(H,2,3,4);2*1H4;/q;;;+1/p-1. The van der Waals surface area contributed by atoms with E-state index in [4.69, 9.17) is 0 Å². The molecule has 9 heavy (non-hydrogen) atoms. The van der Waals surface area contributed by atoms with Gasteiger partial charge in [-0.1, -0.05) is 14.9 Å². The molecule has 0 aromatic heterocycles. The van der Waals surface area contributed by atoms with Crippen molar-refractivity contribution in [2.75, 3.05) is 5.08 Å². The monoisotopic (exact) mass is 182 g/mol. The van der Waals surface area contributed by atoms with Gasteiger partial charge in [0.05, 0.1) is 5.08 Å². The zero-order valence-electron chi connectivity index (χ0n) is 3.79. The summed E-state index contributed by atoms with van der Waals surface area (Å²) in [4.78, 5) is 0. The Morgan fingerprint density at radius 1 is 1.33 bits per heavy atom. The third-order valence-corrected chi connectivity index (χ3v) is 1.42. The second-order valence-electron chi connectivity index (χ2n) is 0.687. The molecule has 0 amide bonds. The van der Waals surface area contributed by atoms with E-state index in [-0.39, 0.29) is 44.4 Å². The first-order chi connectivity index (χ1) is 2.56. The van der Waals surface area contributed by atoms with Crippen molar-refractivity contribution < 1.29 is 42.5 Å². The van der Waals surface area contributed by atoms with E-state index in [1.807, 2.05) is 0 Å². The van der Waals surface area contributed by atoms with Crippen LogP contribution in [-0.2, 0) is 10.1 Å². The van der Waals surface area contributed by atoms with E-state index in [0.29, 0.717) is 0 Å². The Balaban J connectivity index is -0.0000000417. The minimum absolute atomic E-state index is 0. The number of rotatable bonds is 1. The first-order valence-electron chi connectivity index (χ1n) is 1.10. The van der Waals surface area contributed by atoms with Gasteiger partial charge in [-0.3, -0.25) is 0 Å². The summed E-state index contributed by atoms with van der Waals surface area (Å²) in [6, 6.07) is 0. The molecule has 54 valence electrons. The molecule has 0 radical (unpaired) electrons. The van der Waals surface area contributed by atoms with E-state index in [2.05, 4.69) is 12.6 Å². The van der Waals surface area contributed by atoms with Crippen LogP contribution in [-0.4, -0.2) is 18.1 Å². The van der Waals surface area contributed by atoms with E-state index >= 15 is 0 Å². The molecule has 0 spiro atoms. The van der Waals surface area contributed by atoms with Crippen molar-refractivity contribution in [3.8, 4) is 0 Å². The zero-order chi connectivity index (χ0) is 5.21. The van der Waals surface area contributed by atoms with Crippen LogP contribution in [0.4, 0.5) is 0 Å². The van der Waals surface area contributed by atoms with Crippen molar-refractivity contribution in [3.05, 3.63) is 0 Å². The summed E-state index contributed by atoms with van der Waals surface area (Å²) in [6.45, 7) is 0.